The number of benzene rings is 2. The van der Waals surface area contributed by atoms with Gasteiger partial charge in [-0.25, -0.2) is 18.1 Å². The molecule has 0 aliphatic carbocycles. The summed E-state index contributed by atoms with van der Waals surface area (Å²) in [6, 6.07) is 13.3. The third-order valence-corrected chi connectivity index (χ3v) is 8.68. The van der Waals surface area contributed by atoms with Crippen LogP contribution in [0.4, 0.5) is 5.69 Å². The lowest BCUT2D eigenvalue weighted by Crippen LogP contribution is -2.40. The minimum absolute atomic E-state index is 0.105. The van der Waals surface area contributed by atoms with Crippen LogP contribution >= 0.6 is 11.3 Å². The van der Waals surface area contributed by atoms with Crippen LogP contribution in [0.5, 0.6) is 17.2 Å². The molecule has 0 atom stereocenters. The fraction of sp³-hybridized carbons (Fsp3) is 0.231. The molecule has 11 nitrogen and oxygen atoms in total. The first-order valence-corrected chi connectivity index (χ1v) is 14.2. The maximum Gasteiger partial charge on any atom is 0.243 e. The third kappa shape index (κ3) is 5.61. The van der Waals surface area contributed by atoms with Crippen LogP contribution in [0.2, 0.25) is 0 Å². The molecule has 0 amide bonds. The predicted octanol–water partition coefficient (Wildman–Crippen LogP) is 3.67. The topological polar surface area (TPSA) is 128 Å². The summed E-state index contributed by atoms with van der Waals surface area (Å²) in [6.07, 6.45) is 3.15. The second-order valence-corrected chi connectivity index (χ2v) is 11.1. The Balaban J connectivity index is 1.51. The molecule has 0 saturated carbocycles. The number of nitrogens with zero attached hydrogens (tertiary/aromatic N) is 4. The highest BCUT2D eigenvalue weighted by Gasteiger charge is 2.26. The fourth-order valence-corrected chi connectivity index (χ4v) is 6.18. The second kappa shape index (κ2) is 11.5. The van der Waals surface area contributed by atoms with E-state index >= 15 is 0 Å². The standard InChI is InChI=1S/C26H26N4O7S2/c1-34-23-14-18(15-24(35-2)25(23)31)16-27-30-21(22-4-3-11-37-22)17-38-26(30)28-19-5-7-20(8-6-19)39(32,33)29-9-12-36-13-10-29/h3-8,11,14-17,31H,9-10,12-13H2,1-2H3. The van der Waals surface area contributed by atoms with Crippen molar-refractivity contribution in [3.8, 4) is 28.7 Å². The zero-order valence-electron chi connectivity index (χ0n) is 21.2. The highest BCUT2D eigenvalue weighted by Crippen LogP contribution is 2.36. The maximum atomic E-state index is 13.0. The number of sulfonamides is 1. The van der Waals surface area contributed by atoms with Crippen molar-refractivity contribution in [2.45, 2.75) is 4.90 Å². The van der Waals surface area contributed by atoms with Crippen molar-refractivity contribution in [3.63, 3.8) is 0 Å². The first-order chi connectivity index (χ1) is 18.9. The molecule has 0 unspecified atom stereocenters. The Bertz CT molecular complexity index is 1610. The fourth-order valence-electron chi connectivity index (χ4n) is 3.94. The van der Waals surface area contributed by atoms with E-state index in [9.17, 15) is 13.5 Å². The van der Waals surface area contributed by atoms with Gasteiger partial charge in [0.25, 0.3) is 0 Å². The Labute approximate surface area is 228 Å². The lowest BCUT2D eigenvalue weighted by Gasteiger charge is -2.26. The molecular weight excluding hydrogens is 544 g/mol. The second-order valence-electron chi connectivity index (χ2n) is 8.33. The Kier molecular flexibility index (Phi) is 7.84. The third-order valence-electron chi connectivity index (χ3n) is 5.95. The average Bonchev–Trinajstić information content (AvgIpc) is 3.63. The molecule has 1 fully saturated rings. The summed E-state index contributed by atoms with van der Waals surface area (Å²) >= 11 is 1.35. The summed E-state index contributed by atoms with van der Waals surface area (Å²) in [6.45, 7) is 1.42. The highest BCUT2D eigenvalue weighted by atomic mass is 32.2. The van der Waals surface area contributed by atoms with Gasteiger partial charge in [-0.2, -0.15) is 9.41 Å². The lowest BCUT2D eigenvalue weighted by atomic mass is 10.2. The van der Waals surface area contributed by atoms with Gasteiger partial charge in [-0.05, 0) is 48.5 Å². The van der Waals surface area contributed by atoms with Crippen LogP contribution in [0.3, 0.4) is 0 Å². The summed E-state index contributed by atoms with van der Waals surface area (Å²) in [4.78, 5) is 5.44. The van der Waals surface area contributed by atoms with Gasteiger partial charge < -0.3 is 23.7 Å². The van der Waals surface area contributed by atoms with Crippen LogP contribution in [0.15, 0.2) is 79.6 Å². The molecule has 39 heavy (non-hydrogen) atoms. The van der Waals surface area contributed by atoms with E-state index in [0.717, 1.165) is 0 Å². The molecule has 0 spiro atoms. The van der Waals surface area contributed by atoms with Crippen molar-refractivity contribution in [1.29, 1.82) is 0 Å². The molecule has 5 rings (SSSR count). The number of phenolic OH excluding ortho intramolecular Hbond substituents is 1. The van der Waals surface area contributed by atoms with Crippen molar-refractivity contribution in [2.75, 3.05) is 40.5 Å². The van der Waals surface area contributed by atoms with Crippen LogP contribution in [-0.4, -0.2) is 69.2 Å². The van der Waals surface area contributed by atoms with Gasteiger partial charge in [0.15, 0.2) is 17.3 Å². The van der Waals surface area contributed by atoms with E-state index in [0.29, 0.717) is 53.8 Å². The molecule has 0 bridgehead atoms. The molecule has 1 aliphatic rings. The summed E-state index contributed by atoms with van der Waals surface area (Å²) < 4.78 is 50.3. The van der Waals surface area contributed by atoms with Gasteiger partial charge in [0.1, 0.15) is 5.69 Å². The number of phenols is 1. The lowest BCUT2D eigenvalue weighted by molar-refractivity contribution is 0.0730. The first-order valence-electron chi connectivity index (χ1n) is 11.9. The van der Waals surface area contributed by atoms with Crippen molar-refractivity contribution in [2.24, 2.45) is 10.1 Å². The van der Waals surface area contributed by atoms with Crippen molar-refractivity contribution in [3.05, 3.63) is 70.5 Å². The van der Waals surface area contributed by atoms with E-state index < -0.39 is 10.0 Å². The number of hydrogen-bond donors (Lipinski definition) is 1. The van der Waals surface area contributed by atoms with Gasteiger partial charge in [-0.3, -0.25) is 0 Å². The van der Waals surface area contributed by atoms with Crippen LogP contribution in [0.1, 0.15) is 5.56 Å². The van der Waals surface area contributed by atoms with E-state index in [1.807, 2.05) is 11.4 Å². The van der Waals surface area contributed by atoms with E-state index in [1.54, 1.807) is 59.6 Å². The summed E-state index contributed by atoms with van der Waals surface area (Å²) in [7, 11) is -0.703. The summed E-state index contributed by atoms with van der Waals surface area (Å²) in [5.41, 5.74) is 1.85. The van der Waals surface area contributed by atoms with Gasteiger partial charge in [0, 0.05) is 24.0 Å². The molecule has 204 valence electrons. The Morgan fingerprint density at radius 3 is 2.36 bits per heavy atom. The number of methoxy groups -OCH3 is 2. The smallest absolute Gasteiger partial charge is 0.243 e. The van der Waals surface area contributed by atoms with Gasteiger partial charge in [0.2, 0.25) is 20.6 Å². The molecular formula is C26H26N4O7S2. The van der Waals surface area contributed by atoms with Crippen LogP contribution in [0.25, 0.3) is 11.5 Å². The SMILES string of the molecule is COc1cc(C=Nn2c(-c3ccco3)csc2=Nc2ccc(S(=O)(=O)N3CCOCC3)cc2)cc(OC)c1O. The molecule has 3 heterocycles. The molecule has 2 aromatic carbocycles. The number of rotatable bonds is 8. The predicted molar refractivity (Wildman–Crippen MR) is 145 cm³/mol. The summed E-state index contributed by atoms with van der Waals surface area (Å²) in [5.74, 6) is 0.980. The average molecular weight is 571 g/mol. The molecule has 2 aromatic heterocycles. The molecule has 4 aromatic rings. The monoisotopic (exact) mass is 570 g/mol. The molecule has 1 saturated heterocycles. The number of morpholine rings is 1. The van der Waals surface area contributed by atoms with Crippen LogP contribution in [0, 0.1) is 0 Å². The first kappa shape index (κ1) is 26.7. The number of thiazole rings is 1. The number of ether oxygens (including phenoxy) is 3. The van der Waals surface area contributed by atoms with Gasteiger partial charge >= 0.3 is 0 Å². The van der Waals surface area contributed by atoms with Gasteiger partial charge in [0.05, 0.1) is 50.5 Å². The van der Waals surface area contributed by atoms with Crippen LogP contribution < -0.4 is 14.3 Å². The normalized spacial score (nSPS) is 15.2. The van der Waals surface area contributed by atoms with E-state index in [1.165, 1.54) is 29.9 Å². The minimum atomic E-state index is -3.60. The number of aromatic nitrogens is 1. The molecule has 1 N–H and O–H groups in total. The van der Waals surface area contributed by atoms with E-state index in [-0.39, 0.29) is 22.1 Å². The number of aromatic hydroxyl groups is 1. The molecule has 13 heteroatoms. The zero-order chi connectivity index (χ0) is 27.4. The maximum absolute atomic E-state index is 13.0. The largest absolute Gasteiger partial charge is 0.502 e. The molecule has 0 radical (unpaired) electrons. The number of furan rings is 1. The molecule has 1 aliphatic heterocycles. The van der Waals surface area contributed by atoms with E-state index in [4.69, 9.17) is 23.6 Å². The Hall–Kier alpha value is -3.91. The highest BCUT2D eigenvalue weighted by molar-refractivity contribution is 7.89. The van der Waals surface area contributed by atoms with Crippen molar-refractivity contribution in [1.82, 2.24) is 8.98 Å². The van der Waals surface area contributed by atoms with Gasteiger partial charge in [-0.1, -0.05) is 0 Å². The quantitative estimate of drug-likeness (QED) is 0.320. The zero-order valence-corrected chi connectivity index (χ0v) is 22.8. The summed E-state index contributed by atoms with van der Waals surface area (Å²) in [5, 5.41) is 16.7. The Morgan fingerprint density at radius 1 is 1.05 bits per heavy atom. The van der Waals surface area contributed by atoms with Crippen LogP contribution in [-0.2, 0) is 14.8 Å². The van der Waals surface area contributed by atoms with Crippen molar-refractivity contribution >= 4 is 33.3 Å². The minimum Gasteiger partial charge on any atom is -0.502 e. The Morgan fingerprint density at radius 2 is 1.74 bits per heavy atom. The number of hydrogen-bond acceptors (Lipinski definition) is 10. The van der Waals surface area contributed by atoms with E-state index in [2.05, 4.69) is 5.10 Å². The van der Waals surface area contributed by atoms with Gasteiger partial charge in [-0.15, -0.1) is 11.3 Å². The van der Waals surface area contributed by atoms with Crippen molar-refractivity contribution < 1.29 is 32.2 Å².